The maximum Gasteiger partial charge on any atom is 0.156 e. The summed E-state index contributed by atoms with van der Waals surface area (Å²) >= 11 is 3.49. The standard InChI is InChI=1S/C11H15BrN4/c1-13-10-11(14-2,15-3)8-6-7(12)4-5-9(8)16-10/h4-6,14-15H,1-3H3,(H,13,16). The summed E-state index contributed by atoms with van der Waals surface area (Å²) in [6.45, 7) is 0. The van der Waals surface area contributed by atoms with E-state index in [0.717, 1.165) is 21.6 Å². The van der Waals surface area contributed by atoms with Gasteiger partial charge in [0.15, 0.2) is 5.66 Å². The fraction of sp³-hybridized carbons (Fsp3) is 0.364. The van der Waals surface area contributed by atoms with Gasteiger partial charge in [0.2, 0.25) is 0 Å². The highest BCUT2D eigenvalue weighted by Crippen LogP contribution is 2.36. The molecule has 16 heavy (non-hydrogen) atoms. The highest BCUT2D eigenvalue weighted by molar-refractivity contribution is 9.10. The first-order valence-corrected chi connectivity index (χ1v) is 5.89. The first-order chi connectivity index (χ1) is 7.67. The van der Waals surface area contributed by atoms with Crippen molar-refractivity contribution in [1.29, 1.82) is 0 Å². The van der Waals surface area contributed by atoms with E-state index in [-0.39, 0.29) is 0 Å². The number of likely N-dealkylation sites (N-methyl/N-ethyl adjacent to an activating group) is 2. The van der Waals surface area contributed by atoms with E-state index in [1.807, 2.05) is 26.2 Å². The Bertz CT molecular complexity index is 438. The van der Waals surface area contributed by atoms with E-state index in [9.17, 15) is 0 Å². The van der Waals surface area contributed by atoms with Crippen molar-refractivity contribution in [2.75, 3.05) is 26.5 Å². The number of nitrogens with one attached hydrogen (secondary N) is 3. The molecule has 1 aliphatic rings. The third-order valence-corrected chi connectivity index (χ3v) is 3.46. The van der Waals surface area contributed by atoms with Crippen molar-refractivity contribution >= 4 is 27.5 Å². The predicted octanol–water partition coefficient (Wildman–Crippen LogP) is 1.49. The number of amidine groups is 1. The van der Waals surface area contributed by atoms with Crippen LogP contribution in [0.2, 0.25) is 0 Å². The molecule has 1 heterocycles. The summed E-state index contributed by atoms with van der Waals surface area (Å²) in [4.78, 5) is 4.29. The second-order valence-electron chi connectivity index (χ2n) is 3.64. The van der Waals surface area contributed by atoms with Crippen LogP contribution in [0.4, 0.5) is 5.69 Å². The Kier molecular flexibility index (Phi) is 3.01. The number of benzene rings is 1. The summed E-state index contributed by atoms with van der Waals surface area (Å²) < 4.78 is 1.06. The lowest BCUT2D eigenvalue weighted by Gasteiger charge is -2.29. The van der Waals surface area contributed by atoms with Crippen molar-refractivity contribution in [3.8, 4) is 0 Å². The highest BCUT2D eigenvalue weighted by atomic mass is 79.9. The van der Waals surface area contributed by atoms with Crippen molar-refractivity contribution in [2.24, 2.45) is 4.99 Å². The van der Waals surface area contributed by atoms with Crippen LogP contribution in [0.15, 0.2) is 27.7 Å². The fourth-order valence-corrected chi connectivity index (χ4v) is 2.50. The minimum absolute atomic E-state index is 0.423. The van der Waals surface area contributed by atoms with Crippen molar-refractivity contribution in [2.45, 2.75) is 5.66 Å². The maximum atomic E-state index is 4.29. The van der Waals surface area contributed by atoms with E-state index < -0.39 is 5.66 Å². The molecule has 0 fully saturated rings. The zero-order valence-corrected chi connectivity index (χ0v) is 11.1. The lowest BCUT2D eigenvalue weighted by molar-refractivity contribution is 0.430. The molecular formula is C11H15BrN4. The Labute approximate surface area is 104 Å². The second kappa shape index (κ2) is 4.16. The van der Waals surface area contributed by atoms with E-state index in [1.54, 1.807) is 7.05 Å². The van der Waals surface area contributed by atoms with Crippen LogP contribution >= 0.6 is 15.9 Å². The SMILES string of the molecule is CN=C1Nc2ccc(Br)cc2C1(NC)NC. The Morgan fingerprint density at radius 3 is 2.56 bits per heavy atom. The molecule has 3 N–H and O–H groups in total. The molecule has 2 rings (SSSR count). The summed E-state index contributed by atoms with van der Waals surface area (Å²) in [6, 6.07) is 6.15. The number of hydrogen-bond donors (Lipinski definition) is 3. The van der Waals surface area contributed by atoms with Crippen LogP contribution in [0.1, 0.15) is 5.56 Å². The third-order valence-electron chi connectivity index (χ3n) is 2.97. The summed E-state index contributed by atoms with van der Waals surface area (Å²) in [6.07, 6.45) is 0. The Balaban J connectivity index is 2.63. The van der Waals surface area contributed by atoms with Gasteiger partial charge < -0.3 is 5.32 Å². The monoisotopic (exact) mass is 282 g/mol. The minimum atomic E-state index is -0.423. The minimum Gasteiger partial charge on any atom is -0.341 e. The Hall–Kier alpha value is -0.910. The fourth-order valence-electron chi connectivity index (χ4n) is 2.14. The first kappa shape index (κ1) is 11.6. The summed E-state index contributed by atoms with van der Waals surface area (Å²) in [5, 5.41) is 9.88. The molecule has 0 radical (unpaired) electrons. The van der Waals surface area contributed by atoms with Gasteiger partial charge in [-0.2, -0.15) is 0 Å². The van der Waals surface area contributed by atoms with Gasteiger partial charge in [-0.05, 0) is 32.3 Å². The Morgan fingerprint density at radius 1 is 1.31 bits per heavy atom. The van der Waals surface area contributed by atoms with Gasteiger partial charge in [-0.3, -0.25) is 15.6 Å². The van der Waals surface area contributed by atoms with Crippen molar-refractivity contribution in [1.82, 2.24) is 10.6 Å². The highest BCUT2D eigenvalue weighted by Gasteiger charge is 2.42. The predicted molar refractivity (Wildman–Crippen MR) is 70.9 cm³/mol. The number of nitrogens with zero attached hydrogens (tertiary/aromatic N) is 1. The molecular weight excluding hydrogens is 268 g/mol. The largest absolute Gasteiger partial charge is 0.341 e. The quantitative estimate of drug-likeness (QED) is 0.721. The zero-order chi connectivity index (χ0) is 11.8. The van der Waals surface area contributed by atoms with E-state index in [4.69, 9.17) is 0 Å². The smallest absolute Gasteiger partial charge is 0.156 e. The second-order valence-corrected chi connectivity index (χ2v) is 4.55. The molecule has 0 bridgehead atoms. The van der Waals surface area contributed by atoms with Crippen molar-refractivity contribution in [3.63, 3.8) is 0 Å². The number of rotatable bonds is 2. The average molecular weight is 283 g/mol. The van der Waals surface area contributed by atoms with E-state index >= 15 is 0 Å². The number of aliphatic imine (C=N–C) groups is 1. The summed E-state index contributed by atoms with van der Waals surface area (Å²) in [5.41, 5.74) is 1.80. The van der Waals surface area contributed by atoms with Gasteiger partial charge in [-0.25, -0.2) is 0 Å². The molecule has 1 aliphatic heterocycles. The van der Waals surface area contributed by atoms with Crippen LogP contribution < -0.4 is 16.0 Å². The van der Waals surface area contributed by atoms with Gasteiger partial charge in [0, 0.05) is 22.8 Å². The molecule has 0 unspecified atom stereocenters. The molecule has 86 valence electrons. The van der Waals surface area contributed by atoms with Crippen LogP contribution in [0.25, 0.3) is 0 Å². The molecule has 0 amide bonds. The molecule has 0 saturated carbocycles. The van der Waals surface area contributed by atoms with Gasteiger partial charge in [0.25, 0.3) is 0 Å². The molecule has 4 nitrogen and oxygen atoms in total. The maximum absolute atomic E-state index is 4.29. The molecule has 1 aromatic rings. The Morgan fingerprint density at radius 2 is 2.00 bits per heavy atom. The number of hydrogen-bond acceptors (Lipinski definition) is 3. The van der Waals surface area contributed by atoms with Gasteiger partial charge in [0.1, 0.15) is 5.84 Å². The molecule has 1 aromatic carbocycles. The lowest BCUT2D eigenvalue weighted by Crippen LogP contribution is -2.55. The van der Waals surface area contributed by atoms with Crippen LogP contribution in [-0.2, 0) is 5.66 Å². The zero-order valence-electron chi connectivity index (χ0n) is 9.56. The molecule has 0 aliphatic carbocycles. The molecule has 0 atom stereocenters. The van der Waals surface area contributed by atoms with Gasteiger partial charge >= 0.3 is 0 Å². The van der Waals surface area contributed by atoms with Crippen molar-refractivity contribution in [3.05, 3.63) is 28.2 Å². The van der Waals surface area contributed by atoms with E-state index in [1.165, 1.54) is 0 Å². The van der Waals surface area contributed by atoms with Crippen LogP contribution in [0, 0.1) is 0 Å². The number of halogens is 1. The van der Waals surface area contributed by atoms with Crippen LogP contribution in [0.3, 0.4) is 0 Å². The lowest BCUT2D eigenvalue weighted by atomic mass is 10.0. The van der Waals surface area contributed by atoms with Gasteiger partial charge in [0.05, 0.1) is 0 Å². The van der Waals surface area contributed by atoms with E-state index in [2.05, 4.69) is 42.9 Å². The molecule has 0 aromatic heterocycles. The molecule has 0 spiro atoms. The normalized spacial score (nSPS) is 19.6. The van der Waals surface area contributed by atoms with Gasteiger partial charge in [-0.1, -0.05) is 15.9 Å². The molecule has 0 saturated heterocycles. The average Bonchev–Trinajstić information content (AvgIpc) is 2.62. The first-order valence-electron chi connectivity index (χ1n) is 5.10. The summed E-state index contributed by atoms with van der Waals surface area (Å²) in [5.74, 6) is 0.880. The summed E-state index contributed by atoms with van der Waals surface area (Å²) in [7, 11) is 5.62. The number of fused-ring (bicyclic) bond motifs is 1. The van der Waals surface area contributed by atoms with Gasteiger partial charge in [-0.15, -0.1) is 0 Å². The van der Waals surface area contributed by atoms with Crippen LogP contribution in [-0.4, -0.2) is 27.0 Å². The van der Waals surface area contributed by atoms with Crippen LogP contribution in [0.5, 0.6) is 0 Å². The third kappa shape index (κ3) is 1.47. The van der Waals surface area contributed by atoms with Crippen molar-refractivity contribution < 1.29 is 0 Å². The van der Waals surface area contributed by atoms with E-state index in [0.29, 0.717) is 0 Å². The number of anilines is 1. The molecule has 5 heteroatoms. The topological polar surface area (TPSA) is 48.5 Å².